The molecular formula is C28H27N3O7. The molecule has 38 heavy (non-hydrogen) atoms. The van der Waals surface area contributed by atoms with Crippen LogP contribution in [0.4, 0.5) is 0 Å². The van der Waals surface area contributed by atoms with E-state index in [4.69, 9.17) is 9.47 Å². The fourth-order valence-corrected chi connectivity index (χ4v) is 4.66. The van der Waals surface area contributed by atoms with Crippen LogP contribution in [0.3, 0.4) is 0 Å². The fourth-order valence-electron chi connectivity index (χ4n) is 4.66. The Labute approximate surface area is 218 Å². The molecule has 2 N–H and O–H groups in total. The first-order chi connectivity index (χ1) is 18.2. The number of carbonyl (C=O) groups is 4. The number of amides is 1. The third kappa shape index (κ3) is 4.68. The molecule has 1 unspecified atom stereocenters. The molecule has 1 amide bonds. The van der Waals surface area contributed by atoms with E-state index in [1.165, 1.54) is 24.1 Å². The van der Waals surface area contributed by atoms with Crippen molar-refractivity contribution in [3.05, 3.63) is 93.6 Å². The Balaban J connectivity index is 1.89. The molecule has 3 aromatic rings. The smallest absolute Gasteiger partial charge is 0.355 e. The Morgan fingerprint density at radius 2 is 1.82 bits per heavy atom. The number of hydrogen-bond donors (Lipinski definition) is 1. The van der Waals surface area contributed by atoms with Crippen LogP contribution < -0.4 is 10.1 Å². The van der Waals surface area contributed by atoms with Gasteiger partial charge in [0, 0.05) is 22.9 Å². The van der Waals surface area contributed by atoms with E-state index in [0.717, 1.165) is 5.56 Å². The number of aromatic nitrogens is 2. The van der Waals surface area contributed by atoms with Crippen molar-refractivity contribution in [1.29, 1.82) is 0 Å². The number of ether oxygens (including phenoxy) is 2. The zero-order valence-corrected chi connectivity index (χ0v) is 21.4. The summed E-state index contributed by atoms with van der Waals surface area (Å²) in [6, 6.07) is 8.72. The summed E-state index contributed by atoms with van der Waals surface area (Å²) in [6.07, 6.45) is 3.41. The number of pyridine rings is 1. The van der Waals surface area contributed by atoms with E-state index < -0.39 is 35.4 Å². The molecule has 10 heteroatoms. The quantitative estimate of drug-likeness (QED) is 0.218. The lowest BCUT2D eigenvalue weighted by atomic mass is 9.93. The molecule has 2 aromatic heterocycles. The first-order valence-electron chi connectivity index (χ1n) is 12.0. The summed E-state index contributed by atoms with van der Waals surface area (Å²) in [4.78, 5) is 58.1. The number of aryl methyl sites for hydroxylation is 1. The topological polar surface area (TPSA) is 143 Å². The Hall–Kier alpha value is -4.73. The van der Waals surface area contributed by atoms with Crippen LogP contribution in [-0.2, 0) is 25.6 Å². The number of methoxy groups -OCH3 is 1. The number of nitrogens with zero attached hydrogens (tertiary/aromatic N) is 1. The fraction of sp³-hybridized carbons (Fsp3) is 0.250. The molecule has 3 heterocycles. The molecule has 0 radical (unpaired) electrons. The lowest BCUT2D eigenvalue weighted by Crippen LogP contribution is -2.29. The minimum atomic E-state index is -1.02. The van der Waals surface area contributed by atoms with Crippen LogP contribution in [0.1, 0.15) is 61.8 Å². The number of Topliss-reactive ketones (excluding diaryl/α,β-unsaturated/α-hetero) is 1. The van der Waals surface area contributed by atoms with Crippen molar-refractivity contribution in [2.45, 2.75) is 33.4 Å². The zero-order chi connectivity index (χ0) is 27.6. The van der Waals surface area contributed by atoms with Crippen LogP contribution in [-0.4, -0.2) is 47.2 Å². The maximum Gasteiger partial charge on any atom is 0.355 e. The van der Waals surface area contributed by atoms with Crippen LogP contribution in [0.5, 0.6) is 0 Å². The Kier molecular flexibility index (Phi) is 7.43. The van der Waals surface area contributed by atoms with E-state index in [1.807, 2.05) is 0 Å². The molecule has 1 saturated heterocycles. The molecule has 1 atom stereocenters. The molecule has 196 valence electrons. The molecule has 4 rings (SSSR count). The van der Waals surface area contributed by atoms with Crippen LogP contribution in [0.2, 0.25) is 0 Å². The van der Waals surface area contributed by atoms with Crippen molar-refractivity contribution < 1.29 is 38.7 Å². The van der Waals surface area contributed by atoms with Crippen molar-refractivity contribution in [2.75, 3.05) is 13.7 Å². The van der Waals surface area contributed by atoms with E-state index >= 15 is 0 Å². The summed E-state index contributed by atoms with van der Waals surface area (Å²) in [5.74, 6) is -3.57. The lowest BCUT2D eigenvalue weighted by molar-refractivity contribution is -0.378. The van der Waals surface area contributed by atoms with Crippen molar-refractivity contribution in [1.82, 2.24) is 9.88 Å². The second-order valence-corrected chi connectivity index (χ2v) is 8.78. The van der Waals surface area contributed by atoms with Crippen LogP contribution in [0.15, 0.2) is 54.4 Å². The largest absolute Gasteiger partial charge is 0.872 e. The third-order valence-corrected chi connectivity index (χ3v) is 6.45. The van der Waals surface area contributed by atoms with Gasteiger partial charge in [0.05, 0.1) is 31.9 Å². The van der Waals surface area contributed by atoms with Gasteiger partial charge in [-0.1, -0.05) is 17.9 Å². The van der Waals surface area contributed by atoms with Gasteiger partial charge in [-0.15, -0.1) is 0 Å². The van der Waals surface area contributed by atoms with Crippen molar-refractivity contribution in [2.24, 2.45) is 0 Å². The second kappa shape index (κ2) is 10.7. The van der Waals surface area contributed by atoms with Crippen LogP contribution in [0.25, 0.3) is 5.76 Å². The maximum atomic E-state index is 14.0. The average molecular weight is 518 g/mol. The summed E-state index contributed by atoms with van der Waals surface area (Å²) in [7, 11) is 1.26. The number of rotatable bonds is 7. The monoisotopic (exact) mass is 517 g/mol. The Morgan fingerprint density at radius 3 is 2.42 bits per heavy atom. The lowest BCUT2D eigenvalue weighted by Gasteiger charge is -2.27. The molecule has 10 nitrogen and oxygen atoms in total. The van der Waals surface area contributed by atoms with Crippen molar-refractivity contribution in [3.8, 4) is 0 Å². The highest BCUT2D eigenvalue weighted by Crippen LogP contribution is 2.41. The molecule has 1 aromatic carbocycles. The highest BCUT2D eigenvalue weighted by atomic mass is 16.5. The SMILES string of the molecule is CCOC(=O)c1[nH]c(C)c(/C([O-])=C2\C(=O)C(=O)N(Cc3ccc[nH+]c3)C2c2ccc(C(=O)OC)cc2)c1C. The number of aromatic amines is 2. The highest BCUT2D eigenvalue weighted by Gasteiger charge is 2.44. The number of esters is 2. The Morgan fingerprint density at radius 1 is 1.11 bits per heavy atom. The standard InChI is InChI=1S/C28H27N3O7/c1-5-38-28(36)22-15(2)20(16(3)30-22)24(32)21-23(18-8-10-19(11-9-18)27(35)37-4)31(26(34)25(21)33)14-17-7-6-12-29-13-17/h6-13,23,30,32H,5,14H2,1-4H3/b24-21+. The molecule has 0 spiro atoms. The number of carbonyl (C=O) groups excluding carboxylic acids is 4. The average Bonchev–Trinajstić information content (AvgIpc) is 3.36. The van der Waals surface area contributed by atoms with Crippen LogP contribution >= 0.6 is 0 Å². The summed E-state index contributed by atoms with van der Waals surface area (Å²) >= 11 is 0. The number of likely N-dealkylation sites (tertiary alicyclic amines) is 1. The predicted octanol–water partition coefficient (Wildman–Crippen LogP) is 1.83. The van der Waals surface area contributed by atoms with Gasteiger partial charge in [0.1, 0.15) is 5.69 Å². The summed E-state index contributed by atoms with van der Waals surface area (Å²) in [5.41, 5.74) is 2.18. The molecule has 1 aliphatic heterocycles. The summed E-state index contributed by atoms with van der Waals surface area (Å²) < 4.78 is 9.83. The third-order valence-electron chi connectivity index (χ3n) is 6.45. The van der Waals surface area contributed by atoms with E-state index in [0.29, 0.717) is 16.8 Å². The van der Waals surface area contributed by atoms with E-state index in [2.05, 4.69) is 9.97 Å². The second-order valence-electron chi connectivity index (χ2n) is 8.78. The van der Waals surface area contributed by atoms with Gasteiger partial charge in [-0.05, 0) is 55.7 Å². The van der Waals surface area contributed by atoms with Gasteiger partial charge >= 0.3 is 11.9 Å². The van der Waals surface area contributed by atoms with Gasteiger partial charge in [-0.3, -0.25) is 9.59 Å². The first-order valence-corrected chi connectivity index (χ1v) is 12.0. The molecule has 0 saturated carbocycles. The minimum Gasteiger partial charge on any atom is -0.872 e. The van der Waals surface area contributed by atoms with E-state index in [-0.39, 0.29) is 35.5 Å². The van der Waals surface area contributed by atoms with Gasteiger partial charge < -0.3 is 24.5 Å². The highest BCUT2D eigenvalue weighted by molar-refractivity contribution is 6.46. The van der Waals surface area contributed by atoms with Crippen molar-refractivity contribution in [3.63, 3.8) is 0 Å². The number of nitrogens with one attached hydrogen (secondary N) is 2. The molecule has 0 bridgehead atoms. The van der Waals surface area contributed by atoms with E-state index in [1.54, 1.807) is 57.4 Å². The molecule has 1 aliphatic rings. The van der Waals surface area contributed by atoms with Crippen molar-refractivity contribution >= 4 is 29.4 Å². The van der Waals surface area contributed by atoms with E-state index in [9.17, 15) is 24.3 Å². The van der Waals surface area contributed by atoms with Gasteiger partial charge in [0.25, 0.3) is 5.91 Å². The normalized spacial score (nSPS) is 16.5. The molecule has 1 fully saturated rings. The summed E-state index contributed by atoms with van der Waals surface area (Å²) in [5, 5.41) is 14.0. The van der Waals surface area contributed by atoms with Gasteiger partial charge in [0.15, 0.2) is 12.4 Å². The van der Waals surface area contributed by atoms with Gasteiger partial charge in [-0.2, -0.15) is 0 Å². The number of hydrogen-bond acceptors (Lipinski definition) is 7. The number of ketones is 1. The van der Waals surface area contributed by atoms with Gasteiger partial charge in [0.2, 0.25) is 5.78 Å². The zero-order valence-electron chi connectivity index (χ0n) is 21.4. The number of H-pyrrole nitrogens is 2. The first kappa shape index (κ1) is 26.3. The summed E-state index contributed by atoms with van der Waals surface area (Å²) in [6.45, 7) is 5.08. The minimum absolute atomic E-state index is 0.0568. The maximum absolute atomic E-state index is 14.0. The molecular weight excluding hydrogens is 490 g/mol. The van der Waals surface area contributed by atoms with Gasteiger partial charge in [-0.25, -0.2) is 14.6 Å². The Bertz CT molecular complexity index is 1440. The number of benzene rings is 1. The molecule has 0 aliphatic carbocycles. The predicted molar refractivity (Wildman–Crippen MR) is 132 cm³/mol. The van der Waals surface area contributed by atoms with Crippen LogP contribution in [0, 0.1) is 13.8 Å².